The van der Waals surface area contributed by atoms with Crippen molar-refractivity contribution in [3.63, 3.8) is 0 Å². The first-order valence-corrected chi connectivity index (χ1v) is 14.9. The molecule has 1 aliphatic rings. The molecule has 4 aromatic carbocycles. The predicted molar refractivity (Wildman–Crippen MR) is 173 cm³/mol. The summed E-state index contributed by atoms with van der Waals surface area (Å²) in [4.78, 5) is 25.3. The summed E-state index contributed by atoms with van der Waals surface area (Å²) in [5, 5.41) is 19.5. The molecule has 0 bridgehead atoms. The van der Waals surface area contributed by atoms with Crippen LogP contribution in [0.2, 0.25) is 0 Å². The molecular formula is C34H30F2N8O4. The summed E-state index contributed by atoms with van der Waals surface area (Å²) in [6.45, 7) is 0.164. The van der Waals surface area contributed by atoms with E-state index in [1.807, 2.05) is 0 Å². The Morgan fingerprint density at radius 2 is 1.73 bits per heavy atom. The SMILES string of the molecule is [N-]=[N+]=NCc1ccccc1C[C@@]1(C(=O)NCc2ccc(F)c(F)c2)N=C(c2ccc(OCCCO)cc2)O[C@@H]1c1ccccc1N=[N+]=[N-]. The molecule has 0 fully saturated rings. The maximum atomic E-state index is 14.6. The molecule has 0 aliphatic carbocycles. The molecule has 4 aromatic rings. The fraction of sp³-hybridized carbons (Fsp3) is 0.235. The molecule has 1 heterocycles. The summed E-state index contributed by atoms with van der Waals surface area (Å²) < 4.78 is 39.9. The lowest BCUT2D eigenvalue weighted by molar-refractivity contribution is -0.129. The molecule has 5 rings (SSSR count). The van der Waals surface area contributed by atoms with E-state index in [1.165, 1.54) is 6.07 Å². The van der Waals surface area contributed by atoms with Gasteiger partial charge >= 0.3 is 0 Å². The molecule has 244 valence electrons. The van der Waals surface area contributed by atoms with Gasteiger partial charge in [-0.1, -0.05) is 64.8 Å². The van der Waals surface area contributed by atoms with Crippen LogP contribution in [0.3, 0.4) is 0 Å². The number of halogens is 2. The van der Waals surface area contributed by atoms with Gasteiger partial charge in [-0.2, -0.15) is 0 Å². The number of aliphatic hydroxyl groups excluding tert-OH is 1. The van der Waals surface area contributed by atoms with Crippen LogP contribution in [0.5, 0.6) is 5.75 Å². The summed E-state index contributed by atoms with van der Waals surface area (Å²) in [6, 6.07) is 24.0. The molecule has 0 saturated carbocycles. The minimum atomic E-state index is -1.74. The fourth-order valence-corrected chi connectivity index (χ4v) is 5.38. The number of azide groups is 2. The third-order valence-electron chi connectivity index (χ3n) is 7.72. The maximum absolute atomic E-state index is 14.6. The first kappa shape index (κ1) is 33.4. The molecule has 0 unspecified atom stereocenters. The van der Waals surface area contributed by atoms with Crippen molar-refractivity contribution in [1.29, 1.82) is 0 Å². The van der Waals surface area contributed by atoms with Gasteiger partial charge in [0.05, 0.1) is 13.2 Å². The third kappa shape index (κ3) is 7.54. The van der Waals surface area contributed by atoms with Crippen molar-refractivity contribution in [2.75, 3.05) is 13.2 Å². The Kier molecular flexibility index (Phi) is 10.8. The number of aliphatic hydroxyl groups is 1. The maximum Gasteiger partial charge on any atom is 0.252 e. The number of carbonyl (C=O) groups is 1. The number of rotatable bonds is 14. The van der Waals surface area contributed by atoms with Crippen molar-refractivity contribution >= 4 is 17.5 Å². The summed E-state index contributed by atoms with van der Waals surface area (Å²) >= 11 is 0. The lowest BCUT2D eigenvalue weighted by Crippen LogP contribution is -2.49. The summed E-state index contributed by atoms with van der Waals surface area (Å²) in [5.41, 5.74) is 19.3. The number of hydrogen-bond acceptors (Lipinski definition) is 7. The Hall–Kier alpha value is -5.94. The highest BCUT2D eigenvalue weighted by molar-refractivity contribution is 6.01. The minimum Gasteiger partial charge on any atom is -0.494 e. The Balaban J connectivity index is 1.64. The molecule has 48 heavy (non-hydrogen) atoms. The van der Waals surface area contributed by atoms with E-state index in [1.54, 1.807) is 72.8 Å². The monoisotopic (exact) mass is 652 g/mol. The van der Waals surface area contributed by atoms with Crippen molar-refractivity contribution in [2.45, 2.75) is 37.6 Å². The smallest absolute Gasteiger partial charge is 0.252 e. The normalized spacial score (nSPS) is 16.6. The van der Waals surface area contributed by atoms with E-state index >= 15 is 0 Å². The van der Waals surface area contributed by atoms with Gasteiger partial charge in [0.1, 0.15) is 5.75 Å². The van der Waals surface area contributed by atoms with E-state index < -0.39 is 29.2 Å². The number of amides is 1. The van der Waals surface area contributed by atoms with Gasteiger partial charge in [-0.15, -0.1) is 0 Å². The Morgan fingerprint density at radius 1 is 0.979 bits per heavy atom. The summed E-state index contributed by atoms with van der Waals surface area (Å²) in [6.07, 6.45) is -0.714. The number of carbonyl (C=O) groups excluding carboxylic acids is 1. The number of hydrogen-bond donors (Lipinski definition) is 2. The zero-order valence-electron chi connectivity index (χ0n) is 25.5. The zero-order valence-corrected chi connectivity index (χ0v) is 25.5. The van der Waals surface area contributed by atoms with Gasteiger partial charge < -0.3 is 19.9 Å². The number of aliphatic imine (C=N–C) groups is 1. The largest absolute Gasteiger partial charge is 0.494 e. The van der Waals surface area contributed by atoms with Gasteiger partial charge in [-0.05, 0) is 64.2 Å². The van der Waals surface area contributed by atoms with Crippen LogP contribution in [0.4, 0.5) is 14.5 Å². The number of benzene rings is 4. The highest BCUT2D eigenvalue weighted by Gasteiger charge is 2.54. The van der Waals surface area contributed by atoms with Crippen LogP contribution in [0.15, 0.2) is 106 Å². The van der Waals surface area contributed by atoms with Crippen LogP contribution in [0.1, 0.15) is 40.3 Å². The second-order valence-electron chi connectivity index (χ2n) is 10.8. The molecule has 0 radical (unpaired) electrons. The van der Waals surface area contributed by atoms with E-state index in [2.05, 4.69) is 25.4 Å². The number of nitrogens with zero attached hydrogens (tertiary/aromatic N) is 7. The molecule has 0 spiro atoms. The average Bonchev–Trinajstić information content (AvgIpc) is 3.49. The van der Waals surface area contributed by atoms with E-state index in [0.717, 1.165) is 12.1 Å². The molecule has 2 atom stereocenters. The quantitative estimate of drug-likeness (QED) is 0.0629. The summed E-state index contributed by atoms with van der Waals surface area (Å²) in [7, 11) is 0. The molecule has 0 aromatic heterocycles. The first-order chi connectivity index (χ1) is 23.4. The number of ether oxygens (including phenoxy) is 2. The fourth-order valence-electron chi connectivity index (χ4n) is 5.38. The molecule has 1 amide bonds. The van der Waals surface area contributed by atoms with Crippen molar-refractivity contribution in [1.82, 2.24) is 5.32 Å². The second-order valence-corrected chi connectivity index (χ2v) is 10.8. The van der Waals surface area contributed by atoms with Crippen molar-refractivity contribution < 1.29 is 28.2 Å². The Labute approximate surface area is 273 Å². The Bertz CT molecular complexity index is 1910. The van der Waals surface area contributed by atoms with Crippen molar-refractivity contribution in [3.8, 4) is 5.75 Å². The van der Waals surface area contributed by atoms with Gasteiger partial charge in [0.25, 0.3) is 5.91 Å². The predicted octanol–water partition coefficient (Wildman–Crippen LogP) is 7.29. The lowest BCUT2D eigenvalue weighted by Gasteiger charge is -2.32. The van der Waals surface area contributed by atoms with Gasteiger partial charge in [-0.25, -0.2) is 13.8 Å². The van der Waals surface area contributed by atoms with Gasteiger partial charge in [0.15, 0.2) is 23.3 Å². The average molecular weight is 653 g/mol. The standard InChI is InChI=1S/C34H30F2N8O4/c35-28-15-10-22(18-29(28)36)20-39-33(46)34(19-24-6-1-2-7-25(24)21-40-43-37)31(27-8-3-4-9-30(27)42-44-38)48-32(41-34)23-11-13-26(14-12-23)47-17-5-16-45/h1-4,6-15,18,31,45H,5,16-17,19-21H2,(H,39,46)/t31-,34-/m1/s1. The highest BCUT2D eigenvalue weighted by Crippen LogP contribution is 2.45. The molecule has 1 aliphatic heterocycles. The second kappa shape index (κ2) is 15.6. The third-order valence-corrected chi connectivity index (χ3v) is 7.72. The van der Waals surface area contributed by atoms with E-state index in [0.29, 0.717) is 46.6 Å². The van der Waals surface area contributed by atoms with Crippen LogP contribution in [0.25, 0.3) is 20.9 Å². The van der Waals surface area contributed by atoms with Crippen LogP contribution < -0.4 is 10.1 Å². The minimum absolute atomic E-state index is 0.00627. The van der Waals surface area contributed by atoms with Crippen molar-refractivity contribution in [2.24, 2.45) is 15.2 Å². The van der Waals surface area contributed by atoms with Crippen LogP contribution in [0, 0.1) is 11.6 Å². The van der Waals surface area contributed by atoms with Crippen LogP contribution >= 0.6 is 0 Å². The van der Waals surface area contributed by atoms with Crippen molar-refractivity contribution in [3.05, 3.63) is 151 Å². The van der Waals surface area contributed by atoms with Gasteiger partial charge in [-0.3, -0.25) is 4.79 Å². The highest BCUT2D eigenvalue weighted by atomic mass is 19.2. The Morgan fingerprint density at radius 3 is 2.46 bits per heavy atom. The molecular weight excluding hydrogens is 622 g/mol. The van der Waals surface area contributed by atoms with E-state index in [-0.39, 0.29) is 37.7 Å². The van der Waals surface area contributed by atoms with E-state index in [4.69, 9.17) is 25.1 Å². The topological polar surface area (TPSA) is 178 Å². The molecule has 12 nitrogen and oxygen atoms in total. The molecule has 14 heteroatoms. The molecule has 0 saturated heterocycles. The first-order valence-electron chi connectivity index (χ1n) is 14.9. The zero-order chi connectivity index (χ0) is 33.9. The van der Waals surface area contributed by atoms with Crippen LogP contribution in [-0.2, 0) is 29.0 Å². The lowest BCUT2D eigenvalue weighted by atomic mass is 9.80. The van der Waals surface area contributed by atoms with Gasteiger partial charge in [0.2, 0.25) is 5.90 Å². The van der Waals surface area contributed by atoms with Crippen LogP contribution in [-0.4, -0.2) is 35.7 Å². The van der Waals surface area contributed by atoms with Gasteiger partial charge in [0, 0.05) is 52.6 Å². The number of nitrogens with one attached hydrogen (secondary N) is 1. The summed E-state index contributed by atoms with van der Waals surface area (Å²) in [5.74, 6) is -2.01. The molecule has 2 N–H and O–H groups in total. The van der Waals surface area contributed by atoms with E-state index in [9.17, 15) is 19.1 Å².